The minimum absolute atomic E-state index is 0.141. The fourth-order valence-corrected chi connectivity index (χ4v) is 1.55. The van der Waals surface area contributed by atoms with Crippen molar-refractivity contribution in [3.8, 4) is 0 Å². The monoisotopic (exact) mass is 210 g/mol. The molecular formula is C12H18O3. The van der Waals surface area contributed by atoms with Crippen molar-refractivity contribution in [3.05, 3.63) is 23.8 Å². The zero-order chi connectivity index (χ0) is 11.3. The number of hydrogen-bond acceptors (Lipinski definition) is 3. The maximum Gasteiger partial charge on any atom is 0.170 e. The van der Waals surface area contributed by atoms with Gasteiger partial charge >= 0.3 is 0 Å². The van der Waals surface area contributed by atoms with Crippen LogP contribution in [0.15, 0.2) is 23.8 Å². The summed E-state index contributed by atoms with van der Waals surface area (Å²) >= 11 is 0. The number of hydrogen-bond donors (Lipinski definition) is 0. The highest BCUT2D eigenvalue weighted by molar-refractivity contribution is 6.01. The van der Waals surface area contributed by atoms with Crippen LogP contribution in [0.1, 0.15) is 13.8 Å². The first-order valence-corrected chi connectivity index (χ1v) is 5.08. The van der Waals surface area contributed by atoms with E-state index in [1.165, 1.54) is 0 Å². The molecule has 0 spiro atoms. The molecule has 0 fully saturated rings. The van der Waals surface area contributed by atoms with Crippen molar-refractivity contribution in [2.75, 3.05) is 26.9 Å². The molecule has 1 aliphatic carbocycles. The second-order valence-corrected chi connectivity index (χ2v) is 4.00. The molecular weight excluding hydrogens is 192 g/mol. The van der Waals surface area contributed by atoms with Crippen molar-refractivity contribution in [1.82, 2.24) is 0 Å². The highest BCUT2D eigenvalue weighted by Crippen LogP contribution is 2.27. The summed E-state index contributed by atoms with van der Waals surface area (Å²) < 4.78 is 10.3. The van der Waals surface area contributed by atoms with E-state index < -0.39 is 5.41 Å². The lowest BCUT2D eigenvalue weighted by molar-refractivity contribution is -0.124. The molecule has 0 radical (unpaired) electrons. The summed E-state index contributed by atoms with van der Waals surface area (Å²) in [6.45, 7) is 5.23. The Hall–Kier alpha value is -0.930. The predicted molar refractivity (Wildman–Crippen MR) is 58.7 cm³/mol. The zero-order valence-corrected chi connectivity index (χ0v) is 9.58. The minimum atomic E-state index is -0.507. The second kappa shape index (κ2) is 5.24. The summed E-state index contributed by atoms with van der Waals surface area (Å²) in [6.07, 6.45) is 5.64. The molecule has 0 amide bonds. The van der Waals surface area contributed by atoms with Crippen LogP contribution < -0.4 is 0 Å². The molecule has 1 rings (SSSR count). The Labute approximate surface area is 90.8 Å². The van der Waals surface area contributed by atoms with Crippen molar-refractivity contribution in [3.63, 3.8) is 0 Å². The van der Waals surface area contributed by atoms with Gasteiger partial charge in [-0.2, -0.15) is 0 Å². The van der Waals surface area contributed by atoms with Gasteiger partial charge in [-0.15, -0.1) is 0 Å². The topological polar surface area (TPSA) is 35.5 Å². The van der Waals surface area contributed by atoms with Gasteiger partial charge in [0.15, 0.2) is 5.78 Å². The fraction of sp³-hybridized carbons (Fsp3) is 0.583. The maximum absolute atomic E-state index is 11.9. The van der Waals surface area contributed by atoms with Gasteiger partial charge in [0, 0.05) is 7.11 Å². The normalized spacial score (nSPS) is 25.5. The number of methoxy groups -OCH3 is 1. The first-order valence-electron chi connectivity index (χ1n) is 5.08. The smallest absolute Gasteiger partial charge is 0.170 e. The summed E-state index contributed by atoms with van der Waals surface area (Å²) in [5.74, 6) is 0.141. The number of rotatable bonds is 5. The molecule has 0 bridgehead atoms. The van der Waals surface area contributed by atoms with Crippen molar-refractivity contribution < 1.29 is 14.3 Å². The second-order valence-electron chi connectivity index (χ2n) is 4.00. The van der Waals surface area contributed by atoms with Gasteiger partial charge in [-0.05, 0) is 19.4 Å². The Kier molecular flexibility index (Phi) is 4.24. The molecule has 1 unspecified atom stereocenters. The molecule has 1 atom stereocenters. The first kappa shape index (κ1) is 12.1. The molecule has 0 aliphatic heterocycles. The van der Waals surface area contributed by atoms with Gasteiger partial charge < -0.3 is 9.47 Å². The molecule has 3 nitrogen and oxygen atoms in total. The van der Waals surface area contributed by atoms with Crippen LogP contribution in [0.3, 0.4) is 0 Å². The number of ketones is 1. The Balaban J connectivity index is 2.49. The van der Waals surface area contributed by atoms with Crippen LogP contribution in [0, 0.1) is 5.41 Å². The van der Waals surface area contributed by atoms with Gasteiger partial charge in [-0.3, -0.25) is 4.79 Å². The molecule has 1 aliphatic rings. The van der Waals surface area contributed by atoms with Gasteiger partial charge in [0.1, 0.15) is 0 Å². The number of ether oxygens (including phenoxy) is 2. The molecule has 0 aromatic carbocycles. The van der Waals surface area contributed by atoms with E-state index >= 15 is 0 Å². The summed E-state index contributed by atoms with van der Waals surface area (Å²) in [6, 6.07) is 0. The Morgan fingerprint density at radius 3 is 2.80 bits per heavy atom. The van der Waals surface area contributed by atoms with Crippen LogP contribution in [0.2, 0.25) is 0 Å². The maximum atomic E-state index is 11.9. The Bertz CT molecular complexity index is 291. The lowest BCUT2D eigenvalue weighted by Gasteiger charge is -2.26. The predicted octanol–water partition coefficient (Wildman–Crippen LogP) is 1.74. The van der Waals surface area contributed by atoms with Gasteiger partial charge in [0.05, 0.1) is 25.2 Å². The molecule has 15 heavy (non-hydrogen) atoms. The van der Waals surface area contributed by atoms with Crippen LogP contribution >= 0.6 is 0 Å². The lowest BCUT2D eigenvalue weighted by atomic mass is 9.80. The number of Topliss-reactive ketones (excluding diaryl/α,β-unsaturated/α-hetero) is 1. The van der Waals surface area contributed by atoms with Gasteiger partial charge in [-0.25, -0.2) is 0 Å². The average Bonchev–Trinajstić information content (AvgIpc) is 2.21. The summed E-state index contributed by atoms with van der Waals surface area (Å²) in [5, 5.41) is 0. The third-order valence-corrected chi connectivity index (χ3v) is 2.52. The van der Waals surface area contributed by atoms with Crippen LogP contribution in [0.25, 0.3) is 0 Å². The molecule has 0 saturated heterocycles. The Morgan fingerprint density at radius 1 is 1.40 bits per heavy atom. The third-order valence-electron chi connectivity index (χ3n) is 2.52. The molecule has 0 aromatic heterocycles. The highest BCUT2D eigenvalue weighted by atomic mass is 16.5. The molecule has 3 heteroatoms. The molecule has 0 saturated carbocycles. The van der Waals surface area contributed by atoms with Crippen LogP contribution in [-0.2, 0) is 14.3 Å². The van der Waals surface area contributed by atoms with E-state index in [9.17, 15) is 4.79 Å². The SMILES string of the molecule is COCCOCC1(C)C=CC=C(C)C1=O. The molecule has 0 heterocycles. The largest absolute Gasteiger partial charge is 0.382 e. The number of carbonyl (C=O) groups is 1. The van der Waals surface area contributed by atoms with Crippen molar-refractivity contribution >= 4 is 5.78 Å². The van der Waals surface area contributed by atoms with Gasteiger partial charge in [0.2, 0.25) is 0 Å². The zero-order valence-electron chi connectivity index (χ0n) is 9.58. The van der Waals surface area contributed by atoms with Crippen LogP contribution in [0.4, 0.5) is 0 Å². The van der Waals surface area contributed by atoms with E-state index in [0.717, 1.165) is 5.57 Å². The molecule has 0 N–H and O–H groups in total. The quantitative estimate of drug-likeness (QED) is 0.648. The standard InChI is InChI=1S/C12H18O3/c1-10-5-4-6-12(2,11(10)13)9-15-8-7-14-3/h4-6H,7-9H2,1-3H3. The van der Waals surface area contributed by atoms with Crippen molar-refractivity contribution in [1.29, 1.82) is 0 Å². The summed E-state index contributed by atoms with van der Waals surface area (Å²) in [5.41, 5.74) is 0.280. The third kappa shape index (κ3) is 3.01. The van der Waals surface area contributed by atoms with Gasteiger partial charge in [0.25, 0.3) is 0 Å². The summed E-state index contributed by atoms with van der Waals surface area (Å²) in [4.78, 5) is 11.9. The van der Waals surface area contributed by atoms with Crippen LogP contribution in [-0.4, -0.2) is 32.7 Å². The van der Waals surface area contributed by atoms with Crippen molar-refractivity contribution in [2.45, 2.75) is 13.8 Å². The highest BCUT2D eigenvalue weighted by Gasteiger charge is 2.32. The van der Waals surface area contributed by atoms with E-state index in [1.54, 1.807) is 7.11 Å². The van der Waals surface area contributed by atoms with Crippen molar-refractivity contribution in [2.24, 2.45) is 5.41 Å². The lowest BCUT2D eigenvalue weighted by Crippen LogP contribution is -2.33. The van der Waals surface area contributed by atoms with E-state index in [4.69, 9.17) is 9.47 Å². The number of allylic oxidation sites excluding steroid dienone is 3. The van der Waals surface area contributed by atoms with E-state index in [1.807, 2.05) is 32.1 Å². The Morgan fingerprint density at radius 2 is 2.13 bits per heavy atom. The van der Waals surface area contributed by atoms with E-state index in [-0.39, 0.29) is 5.78 Å². The number of carbonyl (C=O) groups excluding carboxylic acids is 1. The molecule has 0 aromatic rings. The van der Waals surface area contributed by atoms with Crippen LogP contribution in [0.5, 0.6) is 0 Å². The van der Waals surface area contributed by atoms with Gasteiger partial charge in [-0.1, -0.05) is 18.2 Å². The minimum Gasteiger partial charge on any atom is -0.382 e. The summed E-state index contributed by atoms with van der Waals surface area (Å²) in [7, 11) is 1.63. The molecule has 84 valence electrons. The average molecular weight is 210 g/mol. The van der Waals surface area contributed by atoms with E-state index in [0.29, 0.717) is 19.8 Å². The first-order chi connectivity index (χ1) is 7.10. The van der Waals surface area contributed by atoms with E-state index in [2.05, 4.69) is 0 Å². The fourth-order valence-electron chi connectivity index (χ4n) is 1.55.